The Kier molecular flexibility index (Phi) is 4.49. The van der Waals surface area contributed by atoms with Crippen LogP contribution in [0.15, 0.2) is 17.0 Å². The second-order valence-electron chi connectivity index (χ2n) is 3.68. The van der Waals surface area contributed by atoms with E-state index in [1.807, 2.05) is 0 Å². The van der Waals surface area contributed by atoms with Gasteiger partial charge in [-0.25, -0.2) is 8.42 Å². The maximum absolute atomic E-state index is 12.0. The highest BCUT2D eigenvalue weighted by Gasteiger charge is 2.31. The van der Waals surface area contributed by atoms with Gasteiger partial charge in [-0.1, -0.05) is 0 Å². The topological polar surface area (TPSA) is 86.5 Å². The summed E-state index contributed by atoms with van der Waals surface area (Å²) in [4.78, 5) is 9.12. The van der Waals surface area contributed by atoms with Gasteiger partial charge in [0.15, 0.2) is 12.4 Å². The van der Waals surface area contributed by atoms with Crippen LogP contribution in [0.2, 0.25) is 0 Å². The third-order valence-corrected chi connectivity index (χ3v) is 3.57. The number of halogens is 4. The van der Waals surface area contributed by atoms with E-state index in [-0.39, 0.29) is 5.56 Å². The average Bonchev–Trinajstić information content (AvgIpc) is 2.23. The summed E-state index contributed by atoms with van der Waals surface area (Å²) in [5.41, 5.74) is -0.984. The van der Waals surface area contributed by atoms with Gasteiger partial charge >= 0.3 is 11.9 Å². The molecule has 0 bridgehead atoms. The maximum atomic E-state index is 12.0. The lowest BCUT2D eigenvalue weighted by molar-refractivity contribution is -0.386. The van der Waals surface area contributed by atoms with E-state index in [1.165, 1.54) is 6.92 Å². The van der Waals surface area contributed by atoms with Crippen molar-refractivity contribution in [2.24, 2.45) is 0 Å². The first-order chi connectivity index (χ1) is 8.92. The summed E-state index contributed by atoms with van der Waals surface area (Å²) >= 11 is 0. The number of alkyl halides is 3. The monoisotopic (exact) mass is 333 g/mol. The second-order valence-corrected chi connectivity index (χ2v) is 6.22. The molecule has 11 heteroatoms. The number of hydrogen-bond acceptors (Lipinski definition) is 5. The summed E-state index contributed by atoms with van der Waals surface area (Å²) in [5.74, 6) is -0.686. The first kappa shape index (κ1) is 16.5. The average molecular weight is 334 g/mol. The molecule has 0 unspecified atom stereocenters. The second kappa shape index (κ2) is 5.44. The fraction of sp³-hybridized carbons (Fsp3) is 0.333. The summed E-state index contributed by atoms with van der Waals surface area (Å²) in [6.07, 6.45) is -4.68. The minimum Gasteiger partial charge on any atom is -0.477 e. The van der Waals surface area contributed by atoms with Crippen LogP contribution in [0.3, 0.4) is 0 Å². The molecule has 0 aromatic heterocycles. The fourth-order valence-corrected chi connectivity index (χ4v) is 2.53. The van der Waals surface area contributed by atoms with Gasteiger partial charge in [0.1, 0.15) is 0 Å². The molecule has 0 fully saturated rings. The van der Waals surface area contributed by atoms with Gasteiger partial charge in [-0.3, -0.25) is 10.1 Å². The summed E-state index contributed by atoms with van der Waals surface area (Å²) in [6.45, 7) is -0.514. The smallest absolute Gasteiger partial charge is 0.422 e. The van der Waals surface area contributed by atoms with Crippen molar-refractivity contribution in [2.45, 2.75) is 18.0 Å². The molecule has 20 heavy (non-hydrogen) atoms. The molecule has 0 aliphatic heterocycles. The largest absolute Gasteiger partial charge is 0.477 e. The van der Waals surface area contributed by atoms with Crippen molar-refractivity contribution in [1.82, 2.24) is 0 Å². The molecule has 0 N–H and O–H groups in total. The van der Waals surface area contributed by atoms with Crippen LogP contribution < -0.4 is 4.74 Å². The van der Waals surface area contributed by atoms with E-state index >= 15 is 0 Å². The Morgan fingerprint density at radius 3 is 2.35 bits per heavy atom. The van der Waals surface area contributed by atoms with Crippen LogP contribution in [-0.2, 0) is 9.05 Å². The highest BCUT2D eigenvalue weighted by atomic mass is 35.7. The van der Waals surface area contributed by atoms with Gasteiger partial charge < -0.3 is 4.74 Å². The van der Waals surface area contributed by atoms with Gasteiger partial charge in [-0.05, 0) is 18.6 Å². The normalized spacial score (nSPS) is 12.2. The Balaban J connectivity index is 3.33. The number of benzene rings is 1. The molecule has 0 saturated carbocycles. The third kappa shape index (κ3) is 4.23. The van der Waals surface area contributed by atoms with Gasteiger partial charge in [-0.15, -0.1) is 0 Å². The van der Waals surface area contributed by atoms with Crippen molar-refractivity contribution in [3.05, 3.63) is 27.8 Å². The van der Waals surface area contributed by atoms with Crippen LogP contribution in [0.4, 0.5) is 18.9 Å². The molecule has 1 rings (SSSR count). The molecule has 0 saturated heterocycles. The van der Waals surface area contributed by atoms with Crippen molar-refractivity contribution >= 4 is 25.4 Å². The van der Waals surface area contributed by atoms with Crippen LogP contribution >= 0.6 is 10.7 Å². The third-order valence-electron chi connectivity index (χ3n) is 2.11. The first-order valence-corrected chi connectivity index (χ1v) is 7.16. The van der Waals surface area contributed by atoms with E-state index < -0.39 is 43.1 Å². The predicted molar refractivity (Wildman–Crippen MR) is 62.4 cm³/mol. The van der Waals surface area contributed by atoms with Crippen LogP contribution in [0.25, 0.3) is 0 Å². The summed E-state index contributed by atoms with van der Waals surface area (Å²) in [5, 5.41) is 10.7. The molecule has 0 aliphatic rings. The minimum absolute atomic E-state index is 0.0669. The molecular formula is C9H7ClF3NO5S. The van der Waals surface area contributed by atoms with E-state index in [4.69, 9.17) is 10.7 Å². The lowest BCUT2D eigenvalue weighted by Crippen LogP contribution is -2.19. The Labute approximate surface area is 115 Å². The predicted octanol–water partition coefficient (Wildman–Crippen LogP) is 2.77. The zero-order valence-electron chi connectivity index (χ0n) is 9.77. The summed E-state index contributed by atoms with van der Waals surface area (Å²) < 4.78 is 62.8. The lowest BCUT2D eigenvalue weighted by Gasteiger charge is -2.11. The standard InChI is InChI=1S/C9H7ClF3NO5S/c1-5-2-7(19-4-9(11,12)13)6(14(15)16)3-8(5)20(10,17)18/h2-3H,4H2,1H3. The van der Waals surface area contributed by atoms with E-state index in [2.05, 4.69) is 4.74 Å². The first-order valence-electron chi connectivity index (χ1n) is 4.85. The van der Waals surface area contributed by atoms with E-state index in [0.717, 1.165) is 6.07 Å². The number of ether oxygens (including phenoxy) is 1. The van der Waals surface area contributed by atoms with Crippen molar-refractivity contribution in [3.63, 3.8) is 0 Å². The summed E-state index contributed by atoms with van der Waals surface area (Å²) in [6, 6.07) is 1.38. The molecule has 0 spiro atoms. The van der Waals surface area contributed by atoms with Gasteiger partial charge in [0.25, 0.3) is 9.05 Å². The number of nitro benzene ring substituents is 1. The highest BCUT2D eigenvalue weighted by Crippen LogP contribution is 2.34. The Morgan fingerprint density at radius 2 is 1.95 bits per heavy atom. The van der Waals surface area contributed by atoms with Crippen molar-refractivity contribution in [3.8, 4) is 5.75 Å². The molecule has 0 amide bonds. The highest BCUT2D eigenvalue weighted by molar-refractivity contribution is 8.13. The van der Waals surface area contributed by atoms with Gasteiger partial charge in [0.05, 0.1) is 9.82 Å². The zero-order valence-corrected chi connectivity index (χ0v) is 11.3. The summed E-state index contributed by atoms with van der Waals surface area (Å²) in [7, 11) is 0.812. The fourth-order valence-electron chi connectivity index (χ4n) is 1.33. The number of nitrogens with zero attached hydrogens (tertiary/aromatic N) is 1. The molecular weight excluding hydrogens is 327 g/mol. The minimum atomic E-state index is -4.68. The molecule has 0 heterocycles. The molecule has 0 atom stereocenters. The number of rotatable bonds is 4. The molecule has 112 valence electrons. The Bertz CT molecular complexity index is 644. The van der Waals surface area contributed by atoms with Crippen LogP contribution in [0.1, 0.15) is 5.56 Å². The Hall–Kier alpha value is -1.55. The number of aryl methyl sites for hydroxylation is 1. The van der Waals surface area contributed by atoms with E-state index in [1.54, 1.807) is 0 Å². The van der Waals surface area contributed by atoms with Crippen molar-refractivity contribution in [2.75, 3.05) is 6.61 Å². The Morgan fingerprint density at radius 1 is 1.40 bits per heavy atom. The molecule has 6 nitrogen and oxygen atoms in total. The van der Waals surface area contributed by atoms with Gasteiger partial charge in [-0.2, -0.15) is 13.2 Å². The maximum Gasteiger partial charge on any atom is 0.422 e. The van der Waals surface area contributed by atoms with Gasteiger partial charge in [0.2, 0.25) is 0 Å². The van der Waals surface area contributed by atoms with Crippen LogP contribution in [-0.4, -0.2) is 26.1 Å². The number of hydrogen-bond donors (Lipinski definition) is 0. The van der Waals surface area contributed by atoms with Crippen LogP contribution in [0.5, 0.6) is 5.75 Å². The molecule has 0 aliphatic carbocycles. The molecule has 1 aromatic carbocycles. The molecule has 1 aromatic rings. The van der Waals surface area contributed by atoms with E-state index in [0.29, 0.717) is 6.07 Å². The molecule has 0 radical (unpaired) electrons. The van der Waals surface area contributed by atoms with Crippen LogP contribution in [0, 0.1) is 17.0 Å². The van der Waals surface area contributed by atoms with Gasteiger partial charge in [0, 0.05) is 16.7 Å². The SMILES string of the molecule is Cc1cc(OCC(F)(F)F)c([N+](=O)[O-])cc1S(=O)(=O)Cl. The lowest BCUT2D eigenvalue weighted by atomic mass is 10.2. The van der Waals surface area contributed by atoms with Crippen molar-refractivity contribution in [1.29, 1.82) is 0 Å². The van der Waals surface area contributed by atoms with Crippen molar-refractivity contribution < 1.29 is 31.2 Å². The zero-order chi connectivity index (χ0) is 15.7. The quantitative estimate of drug-likeness (QED) is 0.480. The van der Waals surface area contributed by atoms with E-state index in [9.17, 15) is 31.7 Å². The number of nitro groups is 1.